The second kappa shape index (κ2) is 5.84. The van der Waals surface area contributed by atoms with Crippen molar-refractivity contribution in [3.63, 3.8) is 0 Å². The van der Waals surface area contributed by atoms with E-state index in [1.54, 1.807) is 24.4 Å². The summed E-state index contributed by atoms with van der Waals surface area (Å²) < 4.78 is 31.9. The van der Waals surface area contributed by atoms with Crippen molar-refractivity contribution in [3.8, 4) is 11.4 Å². The highest BCUT2D eigenvalue weighted by molar-refractivity contribution is 14.1. The molecule has 114 valence electrons. The maximum atomic E-state index is 12.6. The van der Waals surface area contributed by atoms with E-state index in [1.165, 1.54) is 10.7 Å². The summed E-state index contributed by atoms with van der Waals surface area (Å²) in [6.45, 7) is -2.97. The van der Waals surface area contributed by atoms with Crippen LogP contribution in [0.25, 0.3) is 16.6 Å². The van der Waals surface area contributed by atoms with E-state index in [9.17, 15) is 8.78 Å². The molecule has 9 heteroatoms. The Morgan fingerprint density at radius 2 is 2.09 bits per heavy atom. The third kappa shape index (κ3) is 2.80. The lowest BCUT2D eigenvalue weighted by molar-refractivity contribution is -0.0498. The maximum Gasteiger partial charge on any atom is 0.387 e. The summed E-state index contributed by atoms with van der Waals surface area (Å²) >= 11 is 7.94. The lowest BCUT2D eigenvalue weighted by atomic mass is 10.2. The van der Waals surface area contributed by atoms with E-state index in [4.69, 9.17) is 17.3 Å². The molecule has 0 aliphatic heterocycles. The number of hydrogen-bond acceptors (Lipinski definition) is 4. The molecule has 0 radical (unpaired) electrons. The Kier molecular flexibility index (Phi) is 4.04. The van der Waals surface area contributed by atoms with Crippen molar-refractivity contribution in [2.45, 2.75) is 6.61 Å². The van der Waals surface area contributed by atoms with Gasteiger partial charge in [0, 0.05) is 24.0 Å². The SMILES string of the molecule is Nc1ccc(-n2nc(I)c3cnc(Cl)cc32)c(OC(F)F)c1. The van der Waals surface area contributed by atoms with Crippen LogP contribution in [-0.2, 0) is 0 Å². The first-order valence-electron chi connectivity index (χ1n) is 6.00. The van der Waals surface area contributed by atoms with Crippen molar-refractivity contribution >= 4 is 50.8 Å². The van der Waals surface area contributed by atoms with Crippen LogP contribution < -0.4 is 10.5 Å². The Bertz CT molecular complexity index is 855. The van der Waals surface area contributed by atoms with Gasteiger partial charge in [0.1, 0.15) is 14.5 Å². The lowest BCUT2D eigenvalue weighted by Crippen LogP contribution is -2.07. The van der Waals surface area contributed by atoms with Crippen LogP contribution in [0.15, 0.2) is 30.5 Å². The molecule has 0 atom stereocenters. The molecule has 0 unspecified atom stereocenters. The summed E-state index contributed by atoms with van der Waals surface area (Å²) in [5.74, 6) is -0.0660. The number of hydrogen-bond donors (Lipinski definition) is 1. The van der Waals surface area contributed by atoms with Crippen molar-refractivity contribution in [2.75, 3.05) is 5.73 Å². The Balaban J connectivity index is 2.25. The van der Waals surface area contributed by atoms with E-state index >= 15 is 0 Å². The van der Waals surface area contributed by atoms with E-state index in [-0.39, 0.29) is 10.9 Å². The molecule has 3 aromatic rings. The summed E-state index contributed by atoms with van der Waals surface area (Å²) in [6.07, 6.45) is 1.58. The third-order valence-electron chi connectivity index (χ3n) is 2.92. The summed E-state index contributed by atoms with van der Waals surface area (Å²) in [5.41, 5.74) is 6.92. The number of aromatic nitrogens is 3. The Hall–Kier alpha value is -1.68. The first-order valence-corrected chi connectivity index (χ1v) is 7.46. The van der Waals surface area contributed by atoms with Gasteiger partial charge in [-0.25, -0.2) is 9.67 Å². The average Bonchev–Trinajstić information content (AvgIpc) is 2.75. The van der Waals surface area contributed by atoms with E-state index < -0.39 is 6.61 Å². The molecular weight excluding hydrogens is 429 g/mol. The van der Waals surface area contributed by atoms with E-state index in [0.717, 1.165) is 5.39 Å². The van der Waals surface area contributed by atoms with Crippen LogP contribution in [0.3, 0.4) is 0 Å². The number of anilines is 1. The standard InChI is InChI=1S/C13H8ClF2IN4O/c14-11-4-9-7(5-19-11)12(17)20-21(9)8-2-1-6(18)3-10(8)22-13(15)16/h1-5,13H,18H2. The maximum absolute atomic E-state index is 12.6. The molecule has 0 saturated carbocycles. The van der Waals surface area contributed by atoms with Crippen molar-refractivity contribution in [1.29, 1.82) is 0 Å². The molecule has 0 amide bonds. The molecular formula is C13H8ClF2IN4O. The molecule has 3 rings (SSSR count). The summed E-state index contributed by atoms with van der Waals surface area (Å²) in [5, 5.41) is 5.37. The number of nitrogens with two attached hydrogens (primary N) is 1. The van der Waals surface area contributed by atoms with Crippen LogP contribution in [0, 0.1) is 3.70 Å². The van der Waals surface area contributed by atoms with Crippen LogP contribution in [0.5, 0.6) is 5.75 Å². The molecule has 22 heavy (non-hydrogen) atoms. The van der Waals surface area contributed by atoms with E-state index in [2.05, 4.69) is 14.8 Å². The number of ether oxygens (including phenoxy) is 1. The number of fused-ring (bicyclic) bond motifs is 1. The molecule has 5 nitrogen and oxygen atoms in total. The second-order valence-electron chi connectivity index (χ2n) is 4.33. The molecule has 0 fully saturated rings. The largest absolute Gasteiger partial charge is 0.432 e. The van der Waals surface area contributed by atoms with E-state index in [0.29, 0.717) is 20.6 Å². The van der Waals surface area contributed by atoms with Gasteiger partial charge in [0.2, 0.25) is 0 Å². The number of nitrogen functional groups attached to an aromatic ring is 1. The van der Waals surface area contributed by atoms with Crippen LogP contribution in [0.1, 0.15) is 0 Å². The van der Waals surface area contributed by atoms with Crippen molar-refractivity contribution < 1.29 is 13.5 Å². The third-order valence-corrected chi connectivity index (χ3v) is 3.92. The number of benzene rings is 1. The summed E-state index contributed by atoms with van der Waals surface area (Å²) in [4.78, 5) is 4.00. The van der Waals surface area contributed by atoms with Gasteiger partial charge >= 0.3 is 6.61 Å². The van der Waals surface area contributed by atoms with Gasteiger partial charge in [0.25, 0.3) is 0 Å². The number of pyridine rings is 1. The Labute approximate surface area is 142 Å². The lowest BCUT2D eigenvalue weighted by Gasteiger charge is -2.12. The fraction of sp³-hybridized carbons (Fsp3) is 0.0769. The van der Waals surface area contributed by atoms with Crippen LogP contribution in [0.4, 0.5) is 14.5 Å². The van der Waals surface area contributed by atoms with Gasteiger partial charge < -0.3 is 10.5 Å². The molecule has 0 bridgehead atoms. The van der Waals surface area contributed by atoms with Crippen molar-refractivity contribution in [3.05, 3.63) is 39.3 Å². The Morgan fingerprint density at radius 3 is 2.82 bits per heavy atom. The predicted octanol–water partition coefficient (Wildman–Crippen LogP) is 3.86. The van der Waals surface area contributed by atoms with Crippen LogP contribution in [0.2, 0.25) is 5.15 Å². The molecule has 0 aliphatic rings. The van der Waals surface area contributed by atoms with Crippen LogP contribution in [-0.4, -0.2) is 21.4 Å². The zero-order valence-electron chi connectivity index (χ0n) is 10.8. The fourth-order valence-electron chi connectivity index (χ4n) is 2.03. The first-order chi connectivity index (χ1) is 10.5. The average molecular weight is 437 g/mol. The van der Waals surface area contributed by atoms with Gasteiger partial charge in [0.05, 0.1) is 10.9 Å². The monoisotopic (exact) mass is 436 g/mol. The minimum atomic E-state index is -2.97. The molecule has 2 N–H and O–H groups in total. The van der Waals surface area contributed by atoms with Gasteiger partial charge in [-0.2, -0.15) is 13.9 Å². The molecule has 0 saturated heterocycles. The second-order valence-corrected chi connectivity index (χ2v) is 5.74. The molecule has 1 aromatic carbocycles. The Morgan fingerprint density at radius 1 is 1.32 bits per heavy atom. The number of alkyl halides is 2. The van der Waals surface area contributed by atoms with Gasteiger partial charge in [-0.15, -0.1) is 0 Å². The van der Waals surface area contributed by atoms with Crippen molar-refractivity contribution in [1.82, 2.24) is 14.8 Å². The number of rotatable bonds is 3. The number of nitrogens with zero attached hydrogens (tertiary/aromatic N) is 3. The predicted molar refractivity (Wildman–Crippen MR) is 87.6 cm³/mol. The first kappa shape index (κ1) is 15.2. The highest BCUT2D eigenvalue weighted by Crippen LogP contribution is 2.31. The topological polar surface area (TPSA) is 66.0 Å². The molecule has 2 aromatic heterocycles. The number of halogens is 4. The fourth-order valence-corrected chi connectivity index (χ4v) is 2.81. The minimum Gasteiger partial charge on any atom is -0.432 e. The summed E-state index contributed by atoms with van der Waals surface area (Å²) in [7, 11) is 0. The van der Waals surface area contributed by atoms with Gasteiger partial charge in [-0.3, -0.25) is 0 Å². The molecule has 2 heterocycles. The zero-order valence-corrected chi connectivity index (χ0v) is 13.7. The normalized spacial score (nSPS) is 11.3. The van der Waals surface area contributed by atoms with E-state index in [1.807, 2.05) is 22.6 Å². The van der Waals surface area contributed by atoms with Gasteiger partial charge in [-0.1, -0.05) is 11.6 Å². The highest BCUT2D eigenvalue weighted by atomic mass is 127. The molecule has 0 aliphatic carbocycles. The minimum absolute atomic E-state index is 0.0660. The zero-order chi connectivity index (χ0) is 15.9. The van der Waals surface area contributed by atoms with Gasteiger partial charge in [-0.05, 0) is 34.7 Å². The highest BCUT2D eigenvalue weighted by Gasteiger charge is 2.17. The van der Waals surface area contributed by atoms with Crippen molar-refractivity contribution in [2.24, 2.45) is 0 Å². The smallest absolute Gasteiger partial charge is 0.387 e. The summed E-state index contributed by atoms with van der Waals surface area (Å²) in [6, 6.07) is 6.07. The molecule has 0 spiro atoms. The quantitative estimate of drug-likeness (QED) is 0.385. The van der Waals surface area contributed by atoms with Crippen LogP contribution >= 0.6 is 34.2 Å². The van der Waals surface area contributed by atoms with Gasteiger partial charge in [0.15, 0.2) is 5.75 Å².